The minimum Gasteiger partial charge on any atom is -0.453 e. The van der Waals surface area contributed by atoms with Crippen LogP contribution in [0.4, 0.5) is 15.6 Å². The van der Waals surface area contributed by atoms with Gasteiger partial charge in [0.15, 0.2) is 5.13 Å². The molecule has 0 unspecified atom stereocenters. The van der Waals surface area contributed by atoms with E-state index in [0.29, 0.717) is 24.5 Å². The van der Waals surface area contributed by atoms with Gasteiger partial charge in [-0.2, -0.15) is 0 Å². The Bertz CT molecular complexity index is 1590. The quantitative estimate of drug-likeness (QED) is 0.237. The summed E-state index contributed by atoms with van der Waals surface area (Å²) in [6.07, 6.45) is 4.48. The largest absolute Gasteiger partial charge is 0.453 e. The number of hydrogen-bond donors (Lipinski definition) is 2. The number of rotatable bonds is 9. The van der Waals surface area contributed by atoms with Gasteiger partial charge in [-0.1, -0.05) is 60.6 Å². The maximum Gasteiger partial charge on any atom is 0.407 e. The number of nitrogens with zero attached hydrogens (tertiary/aromatic N) is 4. The predicted octanol–water partition coefficient (Wildman–Crippen LogP) is 7.63. The second-order valence-corrected chi connectivity index (χ2v) is 16.7. The molecule has 2 fully saturated rings. The van der Waals surface area contributed by atoms with E-state index in [2.05, 4.69) is 72.9 Å². The van der Waals surface area contributed by atoms with Crippen molar-refractivity contribution < 1.29 is 19.1 Å². The first kappa shape index (κ1) is 35.8. The van der Waals surface area contributed by atoms with Crippen LogP contribution in [0.15, 0.2) is 35.0 Å². The Morgan fingerprint density at radius 1 is 0.958 bits per heavy atom. The predicted molar refractivity (Wildman–Crippen MR) is 193 cm³/mol. The van der Waals surface area contributed by atoms with E-state index >= 15 is 0 Å². The Morgan fingerprint density at radius 2 is 1.60 bits per heavy atom. The summed E-state index contributed by atoms with van der Waals surface area (Å²) in [4.78, 5) is 53.4. The molecule has 4 atom stereocenters. The molecular weight excluding hydrogens is 645 g/mol. The molecule has 0 bridgehead atoms. The molecule has 48 heavy (non-hydrogen) atoms. The average molecular weight is 695 g/mol. The second kappa shape index (κ2) is 14.5. The van der Waals surface area contributed by atoms with Crippen molar-refractivity contribution in [3.05, 3.63) is 57.0 Å². The van der Waals surface area contributed by atoms with Gasteiger partial charge in [-0.05, 0) is 67.1 Å². The van der Waals surface area contributed by atoms with Gasteiger partial charge >= 0.3 is 6.09 Å². The Balaban J connectivity index is 1.36. The van der Waals surface area contributed by atoms with Crippen LogP contribution >= 0.6 is 22.7 Å². The van der Waals surface area contributed by atoms with Crippen LogP contribution in [0.1, 0.15) is 115 Å². The van der Waals surface area contributed by atoms with Crippen LogP contribution in [0.25, 0.3) is 0 Å². The first-order chi connectivity index (χ1) is 22.7. The van der Waals surface area contributed by atoms with Gasteiger partial charge in [0, 0.05) is 23.0 Å². The molecule has 2 aromatic heterocycles. The number of thiazole rings is 2. The van der Waals surface area contributed by atoms with Crippen LogP contribution in [-0.2, 0) is 26.2 Å². The van der Waals surface area contributed by atoms with Crippen LogP contribution in [0.3, 0.4) is 0 Å². The van der Waals surface area contributed by atoms with Crippen molar-refractivity contribution in [1.82, 2.24) is 20.2 Å². The van der Waals surface area contributed by atoms with Crippen LogP contribution in [0.2, 0.25) is 0 Å². The first-order valence-electron chi connectivity index (χ1n) is 17.0. The van der Waals surface area contributed by atoms with Gasteiger partial charge in [-0.3, -0.25) is 9.59 Å². The number of alkyl carbamates (subject to hydrolysis) is 1. The number of amides is 3. The van der Waals surface area contributed by atoms with Crippen molar-refractivity contribution in [2.45, 2.75) is 117 Å². The van der Waals surface area contributed by atoms with Gasteiger partial charge in [0.05, 0.1) is 35.6 Å². The Labute approximate surface area is 292 Å². The number of nitrogens with one attached hydrogen (secondary N) is 2. The Kier molecular flexibility index (Phi) is 10.8. The summed E-state index contributed by atoms with van der Waals surface area (Å²) in [6, 6.07) is 7.54. The zero-order valence-corrected chi connectivity index (χ0v) is 31.1. The number of methoxy groups -OCH3 is 1. The molecule has 10 nitrogen and oxygen atoms in total. The zero-order valence-electron chi connectivity index (χ0n) is 29.5. The fourth-order valence-corrected chi connectivity index (χ4v) is 8.38. The third-order valence-electron chi connectivity index (χ3n) is 9.28. The molecular formula is C36H50N6O4S2. The number of benzene rings is 1. The molecule has 3 aromatic rings. The van der Waals surface area contributed by atoms with Crippen molar-refractivity contribution >= 4 is 51.4 Å². The summed E-state index contributed by atoms with van der Waals surface area (Å²) in [5.74, 6) is -0.558. The highest BCUT2D eigenvalue weighted by Gasteiger charge is 2.43. The van der Waals surface area contributed by atoms with E-state index < -0.39 is 23.6 Å². The molecule has 2 saturated heterocycles. The maximum absolute atomic E-state index is 13.7. The van der Waals surface area contributed by atoms with Crippen molar-refractivity contribution in [2.75, 3.05) is 23.9 Å². The molecule has 2 aliphatic heterocycles. The number of likely N-dealkylation sites (tertiary alicyclic amines) is 1. The lowest BCUT2D eigenvalue weighted by atomic mass is 9.85. The van der Waals surface area contributed by atoms with Crippen LogP contribution in [-0.4, -0.2) is 58.5 Å². The minimum atomic E-state index is -0.834. The second-order valence-electron chi connectivity index (χ2n) is 14.9. The van der Waals surface area contributed by atoms with Crippen molar-refractivity contribution in [2.24, 2.45) is 5.41 Å². The number of carbonyl (C=O) groups excluding carboxylic acids is 3. The summed E-state index contributed by atoms with van der Waals surface area (Å²) < 4.78 is 4.77. The highest BCUT2D eigenvalue weighted by Crippen LogP contribution is 2.47. The molecule has 4 heterocycles. The van der Waals surface area contributed by atoms with E-state index in [0.717, 1.165) is 42.8 Å². The average Bonchev–Trinajstić information content (AvgIpc) is 3.85. The fourth-order valence-electron chi connectivity index (χ4n) is 6.67. The van der Waals surface area contributed by atoms with E-state index in [-0.39, 0.29) is 29.3 Å². The minimum absolute atomic E-state index is 0.0233. The van der Waals surface area contributed by atoms with E-state index in [4.69, 9.17) is 14.7 Å². The number of aromatic nitrogens is 2. The van der Waals surface area contributed by atoms with Gasteiger partial charge in [-0.25, -0.2) is 14.8 Å². The number of aryl methyl sites for hydroxylation is 1. The molecule has 5 rings (SSSR count). The summed E-state index contributed by atoms with van der Waals surface area (Å²) in [5, 5.41) is 11.6. The maximum atomic E-state index is 13.7. The highest BCUT2D eigenvalue weighted by atomic mass is 32.1. The molecule has 0 radical (unpaired) electrons. The molecule has 3 amide bonds. The monoisotopic (exact) mass is 694 g/mol. The summed E-state index contributed by atoms with van der Waals surface area (Å²) >= 11 is 3.14. The van der Waals surface area contributed by atoms with Crippen LogP contribution < -0.4 is 15.5 Å². The van der Waals surface area contributed by atoms with E-state index in [1.807, 2.05) is 26.2 Å². The lowest BCUT2D eigenvalue weighted by Crippen LogP contribution is -2.57. The lowest BCUT2D eigenvalue weighted by molar-refractivity contribution is -0.140. The molecule has 1 aromatic carbocycles. The Morgan fingerprint density at radius 3 is 2.21 bits per heavy atom. The summed E-state index contributed by atoms with van der Waals surface area (Å²) in [7, 11) is 1.27. The molecule has 2 aliphatic rings. The normalized spacial score (nSPS) is 20.5. The molecule has 260 valence electrons. The topological polar surface area (TPSA) is 117 Å². The van der Waals surface area contributed by atoms with Crippen molar-refractivity contribution in [3.63, 3.8) is 0 Å². The summed E-state index contributed by atoms with van der Waals surface area (Å²) in [5.41, 5.74) is 3.91. The number of anilines is 2. The molecule has 0 aliphatic carbocycles. The molecule has 12 heteroatoms. The number of carbonyl (C=O) groups is 3. The number of ether oxygens (including phenoxy) is 1. The van der Waals surface area contributed by atoms with Gasteiger partial charge in [0.2, 0.25) is 11.8 Å². The molecule has 0 saturated carbocycles. The highest BCUT2D eigenvalue weighted by molar-refractivity contribution is 7.14. The van der Waals surface area contributed by atoms with E-state index in [1.165, 1.54) is 29.0 Å². The van der Waals surface area contributed by atoms with Gasteiger partial charge in [-0.15, -0.1) is 22.7 Å². The zero-order chi connectivity index (χ0) is 34.8. The van der Waals surface area contributed by atoms with Crippen molar-refractivity contribution in [1.29, 1.82) is 0 Å². The van der Waals surface area contributed by atoms with E-state index in [9.17, 15) is 14.4 Å². The Hall–Kier alpha value is -3.51. The van der Waals surface area contributed by atoms with Crippen molar-refractivity contribution in [3.8, 4) is 0 Å². The van der Waals surface area contributed by atoms with Gasteiger partial charge in [0.1, 0.15) is 12.1 Å². The standard InChI is InChI=1S/C36H50N6O4S2/c1-9-11-29-37-24(20-47-29)26-17-18-27(42(26)23-15-13-22(14-16-23)35(2,3)4)25-21-48-33(38-25)40-31(43)28-12-10-19-41(28)32(44)30(36(5,6)7)39-34(45)46-8/h13-16,20-21,26-28,30H,9-12,17-19H2,1-8H3,(H,39,45)(H,38,40,43)/t26-,27-,28-,30+/m0/s1. The summed E-state index contributed by atoms with van der Waals surface area (Å²) in [6.45, 7) is 14.9. The fraction of sp³-hybridized carbons (Fsp3) is 0.583. The molecule has 0 spiro atoms. The lowest BCUT2D eigenvalue weighted by Gasteiger charge is -2.34. The third-order valence-corrected chi connectivity index (χ3v) is 11.0. The SMILES string of the molecule is CCCc1nc([C@@H]2CC[C@@H](c3csc(NC(=O)[C@@H]4CCCN4C(=O)[C@@H](NC(=O)OC)C(C)(C)C)n3)N2c2ccc(C(C)(C)C)cc2)cs1. The van der Waals surface area contributed by atoms with Gasteiger partial charge in [0.25, 0.3) is 0 Å². The smallest absolute Gasteiger partial charge is 0.407 e. The van der Waals surface area contributed by atoms with Crippen LogP contribution in [0, 0.1) is 5.41 Å². The third kappa shape index (κ3) is 7.86. The first-order valence-corrected chi connectivity index (χ1v) is 18.7. The van der Waals surface area contributed by atoms with Gasteiger partial charge < -0.3 is 25.2 Å². The van der Waals surface area contributed by atoms with Crippen LogP contribution in [0.5, 0.6) is 0 Å². The number of hydrogen-bond acceptors (Lipinski definition) is 9. The van der Waals surface area contributed by atoms with E-state index in [1.54, 1.807) is 16.2 Å². The molecule has 2 N–H and O–H groups in total.